The third kappa shape index (κ3) is 3.63. The Hall–Kier alpha value is -1.29. The SMILES string of the molecule is CC[C@@H](N)c1ccc(Cl)c(Oc2ccccc2)c1F.Cl. The summed E-state index contributed by atoms with van der Waals surface area (Å²) in [4.78, 5) is 0. The summed E-state index contributed by atoms with van der Waals surface area (Å²) in [6, 6.07) is 11.8. The topological polar surface area (TPSA) is 35.2 Å². The van der Waals surface area contributed by atoms with Crippen molar-refractivity contribution in [3.05, 3.63) is 58.9 Å². The molecule has 0 aliphatic carbocycles. The van der Waals surface area contributed by atoms with Crippen LogP contribution in [0.4, 0.5) is 4.39 Å². The van der Waals surface area contributed by atoms with Gasteiger partial charge >= 0.3 is 0 Å². The molecular weight excluding hydrogens is 300 g/mol. The first-order chi connectivity index (χ1) is 9.13. The third-order valence-electron chi connectivity index (χ3n) is 2.88. The van der Waals surface area contributed by atoms with Crippen LogP contribution in [0.2, 0.25) is 5.02 Å². The molecule has 0 aromatic heterocycles. The fourth-order valence-corrected chi connectivity index (χ4v) is 1.94. The monoisotopic (exact) mass is 315 g/mol. The van der Waals surface area contributed by atoms with Crippen molar-refractivity contribution in [2.45, 2.75) is 19.4 Å². The van der Waals surface area contributed by atoms with Crippen LogP contribution in [0.25, 0.3) is 0 Å². The molecule has 0 saturated carbocycles. The van der Waals surface area contributed by atoms with Crippen molar-refractivity contribution in [1.29, 1.82) is 0 Å². The van der Waals surface area contributed by atoms with E-state index < -0.39 is 5.82 Å². The van der Waals surface area contributed by atoms with Gasteiger partial charge < -0.3 is 10.5 Å². The van der Waals surface area contributed by atoms with Crippen molar-refractivity contribution in [1.82, 2.24) is 0 Å². The maximum atomic E-state index is 14.4. The van der Waals surface area contributed by atoms with Gasteiger partial charge in [0.2, 0.25) is 0 Å². The third-order valence-corrected chi connectivity index (χ3v) is 3.18. The maximum absolute atomic E-state index is 14.4. The molecule has 2 rings (SSSR count). The molecule has 0 fully saturated rings. The number of hydrogen-bond donors (Lipinski definition) is 1. The van der Waals surface area contributed by atoms with Crippen molar-refractivity contribution in [3.8, 4) is 11.5 Å². The van der Waals surface area contributed by atoms with E-state index in [4.69, 9.17) is 22.1 Å². The first-order valence-electron chi connectivity index (χ1n) is 6.09. The Labute approximate surface area is 129 Å². The zero-order chi connectivity index (χ0) is 13.8. The van der Waals surface area contributed by atoms with Crippen LogP contribution in [0.1, 0.15) is 24.9 Å². The second kappa shape index (κ2) is 7.48. The van der Waals surface area contributed by atoms with Gasteiger partial charge in [-0.1, -0.05) is 42.8 Å². The molecule has 0 heterocycles. The largest absolute Gasteiger partial charge is 0.453 e. The molecule has 0 amide bonds. The number of hydrogen-bond acceptors (Lipinski definition) is 2. The minimum atomic E-state index is -0.495. The number of nitrogens with two attached hydrogens (primary N) is 1. The molecule has 2 aromatic carbocycles. The summed E-state index contributed by atoms with van der Waals surface area (Å²) in [7, 11) is 0. The lowest BCUT2D eigenvalue weighted by atomic mass is 10.0. The summed E-state index contributed by atoms with van der Waals surface area (Å²) in [6.45, 7) is 1.90. The first-order valence-corrected chi connectivity index (χ1v) is 6.47. The van der Waals surface area contributed by atoms with Gasteiger partial charge in [-0.2, -0.15) is 0 Å². The summed E-state index contributed by atoms with van der Waals surface area (Å²) < 4.78 is 19.9. The average Bonchev–Trinajstić information content (AvgIpc) is 2.44. The van der Waals surface area contributed by atoms with Gasteiger partial charge in [0, 0.05) is 11.6 Å². The van der Waals surface area contributed by atoms with Crippen LogP contribution in [-0.4, -0.2) is 0 Å². The van der Waals surface area contributed by atoms with Gasteiger partial charge in [0.15, 0.2) is 11.6 Å². The molecule has 2 aromatic rings. The molecule has 0 aliphatic heterocycles. The fraction of sp³-hybridized carbons (Fsp3) is 0.200. The van der Waals surface area contributed by atoms with E-state index in [1.165, 1.54) is 0 Å². The minimum absolute atomic E-state index is 0. The Kier molecular flexibility index (Phi) is 6.27. The van der Waals surface area contributed by atoms with Gasteiger partial charge in [-0.25, -0.2) is 4.39 Å². The summed E-state index contributed by atoms with van der Waals surface area (Å²) in [5.41, 5.74) is 6.28. The standard InChI is InChI=1S/C15H15ClFNO.ClH/c1-2-13(18)11-8-9-12(16)15(14(11)17)19-10-6-4-3-5-7-10;/h3-9,13H,2,18H2,1H3;1H/t13-;/m1./s1. The van der Waals surface area contributed by atoms with Crippen LogP contribution in [0.5, 0.6) is 11.5 Å². The van der Waals surface area contributed by atoms with Gasteiger partial charge in [-0.05, 0) is 24.6 Å². The molecular formula is C15H16Cl2FNO. The Morgan fingerprint density at radius 3 is 2.45 bits per heavy atom. The van der Waals surface area contributed by atoms with Crippen molar-refractivity contribution >= 4 is 24.0 Å². The first kappa shape index (κ1) is 16.8. The minimum Gasteiger partial charge on any atom is -0.453 e. The molecule has 108 valence electrons. The zero-order valence-electron chi connectivity index (χ0n) is 11.0. The van der Waals surface area contributed by atoms with E-state index >= 15 is 0 Å². The number of benzene rings is 2. The normalized spacial score (nSPS) is 11.6. The van der Waals surface area contributed by atoms with Crippen molar-refractivity contribution in [2.24, 2.45) is 5.73 Å². The maximum Gasteiger partial charge on any atom is 0.181 e. The number of halogens is 3. The molecule has 1 atom stereocenters. The van der Waals surface area contributed by atoms with Gasteiger partial charge in [0.05, 0.1) is 5.02 Å². The van der Waals surface area contributed by atoms with Gasteiger partial charge in [0.25, 0.3) is 0 Å². The molecule has 0 unspecified atom stereocenters. The van der Waals surface area contributed by atoms with Crippen LogP contribution >= 0.6 is 24.0 Å². The van der Waals surface area contributed by atoms with Gasteiger partial charge in [0.1, 0.15) is 5.75 Å². The second-order valence-electron chi connectivity index (χ2n) is 4.21. The van der Waals surface area contributed by atoms with E-state index in [1.54, 1.807) is 24.3 Å². The molecule has 5 heteroatoms. The molecule has 2 nitrogen and oxygen atoms in total. The Balaban J connectivity index is 0.00000200. The number of ether oxygens (including phenoxy) is 1. The number of para-hydroxylation sites is 1. The highest BCUT2D eigenvalue weighted by molar-refractivity contribution is 6.32. The highest BCUT2D eigenvalue weighted by atomic mass is 35.5. The number of rotatable bonds is 4. The van der Waals surface area contributed by atoms with Crippen molar-refractivity contribution in [3.63, 3.8) is 0 Å². The highest BCUT2D eigenvalue weighted by Gasteiger charge is 2.18. The van der Waals surface area contributed by atoms with E-state index in [0.717, 1.165) is 0 Å². The van der Waals surface area contributed by atoms with Crippen LogP contribution < -0.4 is 10.5 Å². The molecule has 0 radical (unpaired) electrons. The lowest BCUT2D eigenvalue weighted by Gasteiger charge is -2.15. The molecule has 20 heavy (non-hydrogen) atoms. The fourth-order valence-electron chi connectivity index (χ4n) is 1.75. The van der Waals surface area contributed by atoms with E-state index in [2.05, 4.69) is 0 Å². The molecule has 2 N–H and O–H groups in total. The van der Waals surface area contributed by atoms with Gasteiger partial charge in [-0.15, -0.1) is 12.4 Å². The van der Waals surface area contributed by atoms with Gasteiger partial charge in [-0.3, -0.25) is 0 Å². The quantitative estimate of drug-likeness (QED) is 0.851. The molecule has 0 saturated heterocycles. The predicted octanol–water partition coefficient (Wildman–Crippen LogP) is 5.10. The summed E-state index contributed by atoms with van der Waals surface area (Å²) >= 11 is 5.99. The van der Waals surface area contributed by atoms with E-state index in [1.807, 2.05) is 25.1 Å². The van der Waals surface area contributed by atoms with E-state index in [9.17, 15) is 4.39 Å². The van der Waals surface area contributed by atoms with Crippen molar-refractivity contribution in [2.75, 3.05) is 0 Å². The smallest absolute Gasteiger partial charge is 0.181 e. The average molecular weight is 316 g/mol. The zero-order valence-corrected chi connectivity index (χ0v) is 12.5. The Bertz CT molecular complexity index is 563. The van der Waals surface area contributed by atoms with E-state index in [-0.39, 0.29) is 29.2 Å². The molecule has 0 bridgehead atoms. The molecule has 0 aliphatic rings. The van der Waals surface area contributed by atoms with Crippen LogP contribution in [0.15, 0.2) is 42.5 Å². The molecule has 0 spiro atoms. The highest BCUT2D eigenvalue weighted by Crippen LogP contribution is 2.35. The summed E-state index contributed by atoms with van der Waals surface area (Å²) in [6.07, 6.45) is 0.642. The van der Waals surface area contributed by atoms with Crippen LogP contribution in [-0.2, 0) is 0 Å². The van der Waals surface area contributed by atoms with E-state index in [0.29, 0.717) is 17.7 Å². The van der Waals surface area contributed by atoms with Crippen molar-refractivity contribution < 1.29 is 9.13 Å². The Morgan fingerprint density at radius 2 is 1.85 bits per heavy atom. The predicted molar refractivity (Wildman–Crippen MR) is 82.4 cm³/mol. The van der Waals surface area contributed by atoms with Crippen LogP contribution in [0.3, 0.4) is 0 Å². The lowest BCUT2D eigenvalue weighted by Crippen LogP contribution is -2.11. The Morgan fingerprint density at radius 1 is 1.20 bits per heavy atom. The lowest BCUT2D eigenvalue weighted by molar-refractivity contribution is 0.434. The summed E-state index contributed by atoms with van der Waals surface area (Å²) in [5.74, 6) is 0.0606. The second-order valence-corrected chi connectivity index (χ2v) is 4.62. The van der Waals surface area contributed by atoms with Crippen LogP contribution in [0, 0.1) is 5.82 Å². The summed E-state index contributed by atoms with van der Waals surface area (Å²) in [5, 5.41) is 0.230.